The van der Waals surface area contributed by atoms with Crippen LogP contribution in [0.4, 0.5) is 0 Å². The second-order valence-corrected chi connectivity index (χ2v) is 8.58. The second kappa shape index (κ2) is 7.65. The Hall–Kier alpha value is -2.63. The Morgan fingerprint density at radius 1 is 0.931 bits per heavy atom. The maximum Gasteiger partial charge on any atom is 0.140 e. The average molecular weight is 449 g/mol. The number of rotatable bonds is 3. The molecule has 0 radical (unpaired) electrons. The van der Waals surface area contributed by atoms with Crippen LogP contribution in [0.25, 0.3) is 11.1 Å². The maximum atomic E-state index is 10.0. The topological polar surface area (TPSA) is 40.3 Å². The molecule has 0 bridgehead atoms. The number of hydrogen-bond acceptors (Lipinski definition) is 3. The molecule has 0 atom stereocenters. The van der Waals surface area contributed by atoms with Crippen LogP contribution in [0.3, 0.4) is 0 Å². The summed E-state index contributed by atoms with van der Waals surface area (Å²) in [5.74, 6) is 0.250. The van der Waals surface area contributed by atoms with Crippen molar-refractivity contribution < 1.29 is 10.0 Å². The minimum Gasteiger partial charge on any atom is -0.507 e. The van der Waals surface area contributed by atoms with Gasteiger partial charge in [-0.2, -0.15) is 5.10 Å². The SMILES string of the molecule is Oc1ccc(Br)cc1/C=N/N1CC[NH+](C2c3ccccc3-c3ccccc32)CC1. The van der Waals surface area contributed by atoms with Crippen molar-refractivity contribution in [3.8, 4) is 16.9 Å². The Kier molecular flexibility index (Phi) is 4.86. The smallest absolute Gasteiger partial charge is 0.140 e. The van der Waals surface area contributed by atoms with Crippen molar-refractivity contribution in [2.45, 2.75) is 6.04 Å². The minimum absolute atomic E-state index is 0.250. The predicted octanol–water partition coefficient (Wildman–Crippen LogP) is 3.46. The molecular weight excluding hydrogens is 426 g/mol. The van der Waals surface area contributed by atoms with Gasteiger partial charge in [0.25, 0.3) is 0 Å². The highest BCUT2D eigenvalue weighted by atomic mass is 79.9. The van der Waals surface area contributed by atoms with E-state index in [1.54, 1.807) is 17.2 Å². The van der Waals surface area contributed by atoms with Gasteiger partial charge in [0.15, 0.2) is 0 Å². The summed E-state index contributed by atoms with van der Waals surface area (Å²) in [5.41, 5.74) is 6.38. The van der Waals surface area contributed by atoms with Crippen LogP contribution in [0, 0.1) is 0 Å². The third kappa shape index (κ3) is 3.45. The molecule has 1 heterocycles. The zero-order valence-corrected chi connectivity index (χ0v) is 17.6. The van der Waals surface area contributed by atoms with Crippen molar-refractivity contribution in [1.29, 1.82) is 0 Å². The molecule has 0 amide bonds. The number of nitrogens with one attached hydrogen (secondary N) is 1. The lowest BCUT2D eigenvalue weighted by atomic mass is 10.0. The summed E-state index contributed by atoms with van der Waals surface area (Å²) in [6.07, 6.45) is 1.76. The van der Waals surface area contributed by atoms with E-state index in [4.69, 9.17) is 0 Å². The van der Waals surface area contributed by atoms with E-state index in [2.05, 4.69) is 74.6 Å². The Bertz CT molecular complexity index is 1030. The molecule has 2 N–H and O–H groups in total. The molecule has 1 saturated heterocycles. The number of phenols is 1. The van der Waals surface area contributed by atoms with Crippen molar-refractivity contribution in [3.63, 3.8) is 0 Å². The number of nitrogens with zero attached hydrogens (tertiary/aromatic N) is 2. The molecule has 5 rings (SSSR count). The molecule has 0 spiro atoms. The van der Waals surface area contributed by atoms with Crippen molar-refractivity contribution in [2.75, 3.05) is 26.2 Å². The zero-order chi connectivity index (χ0) is 19.8. The van der Waals surface area contributed by atoms with E-state index >= 15 is 0 Å². The van der Waals surface area contributed by atoms with Gasteiger partial charge in [0.05, 0.1) is 32.4 Å². The fourth-order valence-electron chi connectivity index (χ4n) is 4.55. The number of hydrogen-bond donors (Lipinski definition) is 2. The number of aromatic hydroxyl groups is 1. The van der Waals surface area contributed by atoms with E-state index in [1.807, 2.05) is 12.1 Å². The van der Waals surface area contributed by atoms with Crippen LogP contribution in [-0.4, -0.2) is 42.5 Å². The van der Waals surface area contributed by atoms with Crippen molar-refractivity contribution in [1.82, 2.24) is 5.01 Å². The van der Waals surface area contributed by atoms with Crippen LogP contribution in [-0.2, 0) is 0 Å². The van der Waals surface area contributed by atoms with Gasteiger partial charge in [-0.15, -0.1) is 0 Å². The lowest BCUT2D eigenvalue weighted by Crippen LogP contribution is -3.14. The molecule has 3 aromatic carbocycles. The molecule has 146 valence electrons. The lowest BCUT2D eigenvalue weighted by Gasteiger charge is -2.34. The summed E-state index contributed by atoms with van der Waals surface area (Å²) in [4.78, 5) is 1.60. The summed E-state index contributed by atoms with van der Waals surface area (Å²) in [6.45, 7) is 3.88. The Morgan fingerprint density at radius 2 is 1.55 bits per heavy atom. The van der Waals surface area contributed by atoms with Crippen LogP contribution in [0.5, 0.6) is 5.75 Å². The maximum absolute atomic E-state index is 10.0. The summed E-state index contributed by atoms with van der Waals surface area (Å²) in [6, 6.07) is 23.4. The van der Waals surface area contributed by atoms with Gasteiger partial charge < -0.3 is 10.0 Å². The summed E-state index contributed by atoms with van der Waals surface area (Å²) < 4.78 is 0.935. The monoisotopic (exact) mass is 448 g/mol. The standard InChI is InChI=1S/C24H22BrN3O/c25-18-9-10-23(29)17(15-18)16-26-28-13-11-27(12-14-28)24-21-7-3-1-5-19(21)20-6-2-4-8-22(20)24/h1-10,15-16,24,29H,11-14H2/p+1/b26-16+. The molecule has 4 nitrogen and oxygen atoms in total. The highest BCUT2D eigenvalue weighted by Gasteiger charge is 2.37. The molecule has 3 aromatic rings. The minimum atomic E-state index is 0.250. The number of hydrazone groups is 1. The fraction of sp³-hybridized carbons (Fsp3) is 0.208. The third-order valence-electron chi connectivity index (χ3n) is 5.97. The highest BCUT2D eigenvalue weighted by Crippen LogP contribution is 2.41. The largest absolute Gasteiger partial charge is 0.507 e. The molecule has 0 aromatic heterocycles. The van der Waals surface area contributed by atoms with Crippen molar-refractivity contribution in [2.24, 2.45) is 5.10 Å². The van der Waals surface area contributed by atoms with Gasteiger partial charge in [0.1, 0.15) is 11.8 Å². The van der Waals surface area contributed by atoms with E-state index in [0.29, 0.717) is 6.04 Å². The van der Waals surface area contributed by atoms with Gasteiger partial charge in [-0.05, 0) is 29.3 Å². The first kappa shape index (κ1) is 18.4. The Labute approximate surface area is 179 Å². The van der Waals surface area contributed by atoms with Crippen LogP contribution in [0.15, 0.2) is 76.3 Å². The number of phenolic OH excluding ortho intramolecular Hbond substituents is 1. The van der Waals surface area contributed by atoms with Gasteiger partial charge in [-0.3, -0.25) is 5.01 Å². The Morgan fingerprint density at radius 3 is 2.21 bits per heavy atom. The molecule has 0 unspecified atom stereocenters. The highest BCUT2D eigenvalue weighted by molar-refractivity contribution is 9.10. The van der Waals surface area contributed by atoms with E-state index in [1.165, 1.54) is 22.3 Å². The molecular formula is C24H23BrN3O+. The second-order valence-electron chi connectivity index (χ2n) is 7.67. The first-order chi connectivity index (χ1) is 14.2. The van der Waals surface area contributed by atoms with Gasteiger partial charge in [-0.25, -0.2) is 0 Å². The van der Waals surface area contributed by atoms with Gasteiger partial charge in [0, 0.05) is 21.2 Å². The molecule has 5 heteroatoms. The van der Waals surface area contributed by atoms with Gasteiger partial charge in [0.2, 0.25) is 0 Å². The number of piperazine rings is 1. The summed E-state index contributed by atoms with van der Waals surface area (Å²) in [7, 11) is 0. The van der Waals surface area contributed by atoms with Crippen LogP contribution in [0.2, 0.25) is 0 Å². The molecule has 1 aliphatic carbocycles. The first-order valence-corrected chi connectivity index (χ1v) is 10.8. The zero-order valence-electron chi connectivity index (χ0n) is 16.1. The predicted molar refractivity (Wildman–Crippen MR) is 119 cm³/mol. The number of fused-ring (bicyclic) bond motifs is 3. The van der Waals surface area contributed by atoms with Gasteiger partial charge >= 0.3 is 0 Å². The van der Waals surface area contributed by atoms with E-state index in [-0.39, 0.29) is 5.75 Å². The number of halogens is 1. The van der Waals surface area contributed by atoms with Crippen molar-refractivity contribution >= 4 is 22.1 Å². The third-order valence-corrected chi connectivity index (χ3v) is 6.47. The molecule has 1 aliphatic heterocycles. The van der Waals surface area contributed by atoms with Crippen molar-refractivity contribution in [3.05, 3.63) is 87.9 Å². The normalized spacial score (nSPS) is 16.9. The van der Waals surface area contributed by atoms with Crippen LogP contribution in [0.1, 0.15) is 22.7 Å². The fourth-order valence-corrected chi connectivity index (χ4v) is 4.93. The van der Waals surface area contributed by atoms with E-state index < -0.39 is 0 Å². The number of quaternary nitrogens is 1. The molecule has 0 saturated carbocycles. The summed E-state index contributed by atoms with van der Waals surface area (Å²) in [5, 5.41) is 16.7. The molecule has 2 aliphatic rings. The average Bonchev–Trinajstić information content (AvgIpc) is 3.09. The summed E-state index contributed by atoms with van der Waals surface area (Å²) >= 11 is 3.44. The number of benzene rings is 3. The lowest BCUT2D eigenvalue weighted by molar-refractivity contribution is -0.929. The van der Waals surface area contributed by atoms with E-state index in [0.717, 1.165) is 36.2 Å². The van der Waals surface area contributed by atoms with Crippen LogP contribution < -0.4 is 4.90 Å². The van der Waals surface area contributed by atoms with Gasteiger partial charge in [-0.1, -0.05) is 64.5 Å². The Balaban J connectivity index is 1.32. The molecule has 1 fully saturated rings. The van der Waals surface area contributed by atoms with E-state index in [9.17, 15) is 5.11 Å². The first-order valence-electron chi connectivity index (χ1n) is 10.0. The quantitative estimate of drug-likeness (QED) is 0.602. The van der Waals surface area contributed by atoms with Crippen LogP contribution >= 0.6 is 15.9 Å². The molecule has 29 heavy (non-hydrogen) atoms.